The molecule has 0 saturated heterocycles. The van der Waals surface area contributed by atoms with Crippen LogP contribution >= 0.6 is 47.8 Å². The summed E-state index contributed by atoms with van der Waals surface area (Å²) in [5, 5.41) is 2.88. The maximum atomic E-state index is 12.2. The molecule has 98 valence electrons. The van der Waals surface area contributed by atoms with Crippen LogP contribution in [0.15, 0.2) is 49.8 Å². The van der Waals surface area contributed by atoms with E-state index in [-0.39, 0.29) is 5.91 Å². The summed E-state index contributed by atoms with van der Waals surface area (Å²) in [6.45, 7) is 1.98. The summed E-state index contributed by atoms with van der Waals surface area (Å²) in [4.78, 5) is 12.2. The highest BCUT2D eigenvalue weighted by atomic mass is 79.9. The Bertz CT molecular complexity index is 620. The van der Waals surface area contributed by atoms with Gasteiger partial charge in [-0.05, 0) is 48.9 Å². The summed E-state index contributed by atoms with van der Waals surface area (Å²) in [5.74, 6) is -0.135. The maximum Gasteiger partial charge on any atom is 0.255 e. The highest BCUT2D eigenvalue weighted by Gasteiger charge is 2.08. The fourth-order valence-electron chi connectivity index (χ4n) is 1.61. The second kappa shape index (κ2) is 6.20. The van der Waals surface area contributed by atoms with Gasteiger partial charge in [0, 0.05) is 24.7 Å². The van der Waals surface area contributed by atoms with Crippen LogP contribution in [0.5, 0.6) is 0 Å². The van der Waals surface area contributed by atoms with Gasteiger partial charge in [-0.2, -0.15) is 0 Å². The molecule has 0 bridgehead atoms. The lowest BCUT2D eigenvalue weighted by atomic mass is 10.2. The minimum Gasteiger partial charge on any atom is -0.322 e. The molecule has 0 aliphatic carbocycles. The summed E-state index contributed by atoms with van der Waals surface area (Å²) in [6.07, 6.45) is 0. The summed E-state index contributed by atoms with van der Waals surface area (Å²) >= 11 is 10.2. The Kier molecular flexibility index (Phi) is 4.81. The number of amides is 1. The van der Waals surface area contributed by atoms with Crippen LogP contribution in [0, 0.1) is 6.92 Å². The molecule has 0 saturated carbocycles. The van der Waals surface area contributed by atoms with Crippen molar-refractivity contribution in [1.29, 1.82) is 0 Å². The average molecular weight is 448 g/mol. The van der Waals surface area contributed by atoms with Crippen LogP contribution in [0.1, 0.15) is 15.9 Å². The standard InChI is InChI=1S/C14H10Br3NO/c1-8-4-12(2-3-13(8)17)18-14(19)9-5-10(15)7-11(16)6-9/h2-7H,1H3,(H,18,19). The Balaban J connectivity index is 2.22. The highest BCUT2D eigenvalue weighted by Crippen LogP contribution is 2.23. The molecule has 0 heterocycles. The van der Waals surface area contributed by atoms with Gasteiger partial charge in [0.05, 0.1) is 0 Å². The van der Waals surface area contributed by atoms with Crippen molar-refractivity contribution in [3.8, 4) is 0 Å². The third kappa shape index (κ3) is 3.91. The number of nitrogens with one attached hydrogen (secondary N) is 1. The molecule has 0 atom stereocenters. The van der Waals surface area contributed by atoms with Crippen molar-refractivity contribution in [2.75, 3.05) is 5.32 Å². The molecule has 2 nitrogen and oxygen atoms in total. The van der Waals surface area contributed by atoms with Crippen molar-refractivity contribution in [1.82, 2.24) is 0 Å². The van der Waals surface area contributed by atoms with Gasteiger partial charge in [-0.15, -0.1) is 0 Å². The number of hydrogen-bond acceptors (Lipinski definition) is 1. The van der Waals surface area contributed by atoms with Gasteiger partial charge in [0.25, 0.3) is 5.91 Å². The molecule has 1 N–H and O–H groups in total. The van der Waals surface area contributed by atoms with Gasteiger partial charge >= 0.3 is 0 Å². The Morgan fingerprint density at radius 3 is 2.21 bits per heavy atom. The number of carbonyl (C=O) groups excluding carboxylic acids is 1. The molecule has 0 aromatic heterocycles. The van der Waals surface area contributed by atoms with E-state index < -0.39 is 0 Å². The Hall–Kier alpha value is -0.650. The summed E-state index contributed by atoms with van der Waals surface area (Å²) in [6, 6.07) is 11.2. The minimum absolute atomic E-state index is 0.135. The van der Waals surface area contributed by atoms with Crippen molar-refractivity contribution in [3.63, 3.8) is 0 Å². The number of anilines is 1. The first-order valence-corrected chi connectivity index (χ1v) is 7.87. The van der Waals surface area contributed by atoms with Crippen LogP contribution in [-0.2, 0) is 0 Å². The fourth-order valence-corrected chi connectivity index (χ4v) is 3.15. The van der Waals surface area contributed by atoms with Gasteiger partial charge in [-0.3, -0.25) is 4.79 Å². The molecule has 2 aromatic rings. The Labute approximate surface area is 137 Å². The van der Waals surface area contributed by atoms with E-state index in [9.17, 15) is 4.79 Å². The van der Waals surface area contributed by atoms with E-state index in [0.29, 0.717) is 5.56 Å². The normalized spacial score (nSPS) is 10.3. The molecule has 5 heteroatoms. The van der Waals surface area contributed by atoms with Crippen molar-refractivity contribution < 1.29 is 4.79 Å². The number of aryl methyl sites for hydroxylation is 1. The number of carbonyl (C=O) groups is 1. The van der Waals surface area contributed by atoms with Gasteiger partial charge in [0.15, 0.2) is 0 Å². The first kappa shape index (κ1) is 14.8. The van der Waals surface area contributed by atoms with Crippen molar-refractivity contribution in [2.24, 2.45) is 0 Å². The van der Waals surface area contributed by atoms with E-state index in [1.54, 1.807) is 12.1 Å². The van der Waals surface area contributed by atoms with Gasteiger partial charge < -0.3 is 5.32 Å². The number of rotatable bonds is 2. The van der Waals surface area contributed by atoms with Crippen LogP contribution in [0.3, 0.4) is 0 Å². The van der Waals surface area contributed by atoms with Gasteiger partial charge in [0.1, 0.15) is 0 Å². The Morgan fingerprint density at radius 1 is 1.00 bits per heavy atom. The quantitative estimate of drug-likeness (QED) is 0.643. The lowest BCUT2D eigenvalue weighted by molar-refractivity contribution is 0.102. The largest absolute Gasteiger partial charge is 0.322 e. The lowest BCUT2D eigenvalue weighted by Gasteiger charge is -2.08. The topological polar surface area (TPSA) is 29.1 Å². The van der Waals surface area contributed by atoms with E-state index in [0.717, 1.165) is 24.7 Å². The van der Waals surface area contributed by atoms with Crippen LogP contribution < -0.4 is 5.32 Å². The molecule has 2 aromatic carbocycles. The molecule has 0 aliphatic rings. The number of halogens is 3. The summed E-state index contributed by atoms with van der Waals surface area (Å²) < 4.78 is 2.74. The SMILES string of the molecule is Cc1cc(NC(=O)c2cc(Br)cc(Br)c2)ccc1Br. The molecule has 0 spiro atoms. The predicted octanol–water partition coefficient (Wildman–Crippen LogP) is 5.53. The molecule has 0 unspecified atom stereocenters. The average Bonchev–Trinajstić information content (AvgIpc) is 2.32. The molecule has 0 aliphatic heterocycles. The lowest BCUT2D eigenvalue weighted by Crippen LogP contribution is -2.12. The maximum absolute atomic E-state index is 12.2. The summed E-state index contributed by atoms with van der Waals surface area (Å²) in [5.41, 5.74) is 2.46. The number of hydrogen-bond donors (Lipinski definition) is 1. The van der Waals surface area contributed by atoms with Gasteiger partial charge in [0.2, 0.25) is 0 Å². The second-order valence-electron chi connectivity index (χ2n) is 4.08. The zero-order valence-electron chi connectivity index (χ0n) is 10.0. The molecule has 19 heavy (non-hydrogen) atoms. The summed E-state index contributed by atoms with van der Waals surface area (Å²) in [7, 11) is 0. The van der Waals surface area contributed by atoms with Crippen molar-refractivity contribution in [3.05, 3.63) is 60.9 Å². The molecular formula is C14H10Br3NO. The van der Waals surface area contributed by atoms with Crippen molar-refractivity contribution >= 4 is 59.4 Å². The minimum atomic E-state index is -0.135. The van der Waals surface area contributed by atoms with Gasteiger partial charge in [-0.1, -0.05) is 47.8 Å². The third-order valence-corrected chi connectivity index (χ3v) is 4.35. The monoisotopic (exact) mass is 445 g/mol. The van der Waals surface area contributed by atoms with E-state index in [2.05, 4.69) is 53.1 Å². The highest BCUT2D eigenvalue weighted by molar-refractivity contribution is 9.11. The molecule has 0 fully saturated rings. The molecule has 1 amide bonds. The second-order valence-corrected chi connectivity index (χ2v) is 6.76. The Morgan fingerprint density at radius 2 is 1.63 bits per heavy atom. The van der Waals surface area contributed by atoms with E-state index in [1.807, 2.05) is 31.2 Å². The zero-order chi connectivity index (χ0) is 14.0. The fraction of sp³-hybridized carbons (Fsp3) is 0.0714. The zero-order valence-corrected chi connectivity index (χ0v) is 14.8. The number of benzene rings is 2. The molecule has 2 rings (SSSR count). The van der Waals surface area contributed by atoms with Gasteiger partial charge in [-0.25, -0.2) is 0 Å². The van der Waals surface area contributed by atoms with Crippen LogP contribution in [0.25, 0.3) is 0 Å². The van der Waals surface area contributed by atoms with E-state index in [4.69, 9.17) is 0 Å². The first-order valence-electron chi connectivity index (χ1n) is 5.49. The van der Waals surface area contributed by atoms with E-state index in [1.165, 1.54) is 0 Å². The molecule has 0 radical (unpaired) electrons. The van der Waals surface area contributed by atoms with Crippen LogP contribution in [0.2, 0.25) is 0 Å². The van der Waals surface area contributed by atoms with Crippen LogP contribution in [0.4, 0.5) is 5.69 Å². The predicted molar refractivity (Wildman–Crippen MR) is 88.7 cm³/mol. The van der Waals surface area contributed by atoms with E-state index >= 15 is 0 Å². The third-order valence-electron chi connectivity index (χ3n) is 2.54. The van der Waals surface area contributed by atoms with Crippen molar-refractivity contribution in [2.45, 2.75) is 6.92 Å². The first-order chi connectivity index (χ1) is 8.95. The smallest absolute Gasteiger partial charge is 0.255 e. The molecular weight excluding hydrogens is 438 g/mol. The van der Waals surface area contributed by atoms with Crippen LogP contribution in [-0.4, -0.2) is 5.91 Å².